The van der Waals surface area contributed by atoms with E-state index in [1.165, 1.54) is 23.1 Å². The van der Waals surface area contributed by atoms with Crippen LogP contribution in [-0.4, -0.2) is 53.4 Å². The van der Waals surface area contributed by atoms with E-state index in [-0.39, 0.29) is 36.2 Å². The molecular formula is C20H23N3O4S3. The summed E-state index contributed by atoms with van der Waals surface area (Å²) in [5, 5.41) is 2.07. The summed E-state index contributed by atoms with van der Waals surface area (Å²) in [5.41, 5.74) is 1.73. The molecule has 1 saturated heterocycles. The molecule has 4 heterocycles. The van der Waals surface area contributed by atoms with E-state index in [2.05, 4.69) is 4.98 Å². The van der Waals surface area contributed by atoms with Crippen molar-refractivity contribution in [2.75, 3.05) is 24.6 Å². The van der Waals surface area contributed by atoms with Crippen LogP contribution in [-0.2, 0) is 27.5 Å². The molecule has 2 aromatic heterocycles. The number of hydrogen-bond acceptors (Lipinski definition) is 7. The van der Waals surface area contributed by atoms with Gasteiger partial charge in [-0.15, -0.1) is 11.3 Å². The third kappa shape index (κ3) is 3.52. The molecular weight excluding hydrogens is 442 g/mol. The Kier molecular flexibility index (Phi) is 5.27. The van der Waals surface area contributed by atoms with Crippen molar-refractivity contribution in [1.29, 1.82) is 0 Å². The second-order valence-electron chi connectivity index (χ2n) is 8.06. The van der Waals surface area contributed by atoms with E-state index in [9.17, 15) is 18.0 Å². The Bertz CT molecular complexity index is 1140. The fourth-order valence-electron chi connectivity index (χ4n) is 4.62. The Hall–Kier alpha value is -1.65. The third-order valence-electron chi connectivity index (χ3n) is 6.24. The lowest BCUT2D eigenvalue weighted by atomic mass is 10.1. The number of sulfone groups is 1. The van der Waals surface area contributed by atoms with Gasteiger partial charge in [0.05, 0.1) is 22.7 Å². The zero-order valence-electron chi connectivity index (χ0n) is 16.5. The van der Waals surface area contributed by atoms with Crippen molar-refractivity contribution < 1.29 is 13.2 Å². The first-order chi connectivity index (χ1) is 14.4. The predicted molar refractivity (Wildman–Crippen MR) is 117 cm³/mol. The molecule has 7 nitrogen and oxygen atoms in total. The summed E-state index contributed by atoms with van der Waals surface area (Å²) in [6.07, 6.45) is 3.21. The van der Waals surface area contributed by atoms with Crippen molar-refractivity contribution in [3.63, 3.8) is 0 Å². The zero-order chi connectivity index (χ0) is 20.9. The Balaban J connectivity index is 1.32. The molecule has 3 aliphatic rings. The third-order valence-corrected chi connectivity index (χ3v) is 10.6. The lowest BCUT2D eigenvalue weighted by Crippen LogP contribution is -2.36. The van der Waals surface area contributed by atoms with Crippen molar-refractivity contribution >= 4 is 38.8 Å². The Morgan fingerprint density at radius 1 is 1.27 bits per heavy atom. The van der Waals surface area contributed by atoms with Gasteiger partial charge in [0, 0.05) is 35.7 Å². The summed E-state index contributed by atoms with van der Waals surface area (Å²) in [5.74, 6) is 0.551. The van der Waals surface area contributed by atoms with E-state index < -0.39 is 15.1 Å². The lowest BCUT2D eigenvalue weighted by molar-refractivity contribution is -0.131. The highest BCUT2D eigenvalue weighted by Gasteiger charge is 2.36. The Morgan fingerprint density at radius 2 is 2.13 bits per heavy atom. The minimum absolute atomic E-state index is 0.00602. The summed E-state index contributed by atoms with van der Waals surface area (Å²) in [6, 6.07) is 3.51. The van der Waals surface area contributed by atoms with E-state index in [1.54, 1.807) is 9.47 Å². The van der Waals surface area contributed by atoms with E-state index >= 15 is 0 Å². The molecule has 0 N–H and O–H groups in total. The molecule has 1 aliphatic carbocycles. The zero-order valence-corrected chi connectivity index (χ0v) is 18.9. The van der Waals surface area contributed by atoms with Crippen LogP contribution in [0.2, 0.25) is 0 Å². The highest BCUT2D eigenvalue weighted by molar-refractivity contribution is 7.99. The molecule has 1 fully saturated rings. The van der Waals surface area contributed by atoms with Gasteiger partial charge in [-0.25, -0.2) is 13.4 Å². The number of rotatable bonds is 3. The molecule has 5 rings (SSSR count). The lowest BCUT2D eigenvalue weighted by Gasteiger charge is -2.22. The van der Waals surface area contributed by atoms with E-state index in [0.717, 1.165) is 40.6 Å². The number of fused-ring (bicyclic) bond motifs is 2. The first-order valence-corrected chi connectivity index (χ1v) is 13.8. The molecule has 2 unspecified atom stereocenters. The molecule has 160 valence electrons. The molecule has 1 amide bonds. The van der Waals surface area contributed by atoms with Gasteiger partial charge in [-0.3, -0.25) is 14.2 Å². The normalized spacial score (nSPS) is 25.0. The summed E-state index contributed by atoms with van der Waals surface area (Å²) in [6.45, 7) is 0.637. The highest BCUT2D eigenvalue weighted by atomic mass is 32.2. The number of aryl methyl sites for hydroxylation is 1. The fraction of sp³-hybridized carbons (Fsp3) is 0.550. The van der Waals surface area contributed by atoms with Crippen LogP contribution in [0.15, 0.2) is 27.5 Å². The summed E-state index contributed by atoms with van der Waals surface area (Å²) < 4.78 is 27.2. The number of hydrogen-bond donors (Lipinski definition) is 0. The average molecular weight is 466 g/mol. The number of nitrogens with zero attached hydrogens (tertiary/aromatic N) is 3. The van der Waals surface area contributed by atoms with Gasteiger partial charge in [-0.1, -0.05) is 17.8 Å². The van der Waals surface area contributed by atoms with Crippen molar-refractivity contribution in [2.45, 2.75) is 48.6 Å². The van der Waals surface area contributed by atoms with Crippen molar-refractivity contribution in [1.82, 2.24) is 14.5 Å². The standard InChI is InChI=1S/C20H23N3O4S3/c24-18(22-7-6-17(16-5-2-9-28-16)30(26,27)10-8-22)11-13-12-29-20-21-15-4-1-3-14(15)19(25)23(13)20/h2,5,9,13,17H,1,3-4,6-8,10-12H2. The van der Waals surface area contributed by atoms with Crippen molar-refractivity contribution in [3.8, 4) is 0 Å². The number of carbonyl (C=O) groups is 1. The molecule has 0 aromatic carbocycles. The Labute approximate surface area is 183 Å². The molecule has 2 aromatic rings. The fourth-order valence-corrected chi connectivity index (χ4v) is 8.78. The Morgan fingerprint density at radius 3 is 2.93 bits per heavy atom. The van der Waals surface area contributed by atoms with Crippen LogP contribution in [0.3, 0.4) is 0 Å². The van der Waals surface area contributed by atoms with Crippen molar-refractivity contribution in [2.24, 2.45) is 0 Å². The average Bonchev–Trinajstić information content (AvgIpc) is 3.44. The van der Waals surface area contributed by atoms with Crippen LogP contribution < -0.4 is 5.56 Å². The topological polar surface area (TPSA) is 89.3 Å². The minimum atomic E-state index is -3.29. The minimum Gasteiger partial charge on any atom is -0.342 e. The maximum absolute atomic E-state index is 13.1. The van der Waals surface area contributed by atoms with Crippen LogP contribution in [0.4, 0.5) is 0 Å². The second-order valence-corrected chi connectivity index (χ2v) is 12.3. The summed E-state index contributed by atoms with van der Waals surface area (Å²) in [4.78, 5) is 33.2. The van der Waals surface area contributed by atoms with Crippen LogP contribution in [0.1, 0.15) is 46.7 Å². The monoisotopic (exact) mass is 465 g/mol. The van der Waals surface area contributed by atoms with Crippen LogP contribution >= 0.6 is 23.1 Å². The molecule has 0 bridgehead atoms. The van der Waals surface area contributed by atoms with Crippen LogP contribution in [0.25, 0.3) is 0 Å². The molecule has 30 heavy (non-hydrogen) atoms. The molecule has 2 atom stereocenters. The summed E-state index contributed by atoms with van der Waals surface area (Å²) in [7, 11) is -3.29. The number of amides is 1. The van der Waals surface area contributed by atoms with Gasteiger partial charge in [-0.05, 0) is 37.1 Å². The van der Waals surface area contributed by atoms with Gasteiger partial charge in [0.15, 0.2) is 15.0 Å². The predicted octanol–water partition coefficient (Wildman–Crippen LogP) is 2.22. The maximum atomic E-state index is 13.1. The highest BCUT2D eigenvalue weighted by Crippen LogP contribution is 2.35. The van der Waals surface area contributed by atoms with Gasteiger partial charge in [0.1, 0.15) is 0 Å². The van der Waals surface area contributed by atoms with Crippen LogP contribution in [0.5, 0.6) is 0 Å². The molecule has 2 aliphatic heterocycles. The van der Waals surface area contributed by atoms with Gasteiger partial charge < -0.3 is 4.90 Å². The number of aromatic nitrogens is 2. The second kappa shape index (κ2) is 7.80. The van der Waals surface area contributed by atoms with Gasteiger partial charge >= 0.3 is 0 Å². The van der Waals surface area contributed by atoms with Gasteiger partial charge in [0.2, 0.25) is 5.91 Å². The van der Waals surface area contributed by atoms with E-state index in [1.807, 2.05) is 17.5 Å². The number of carbonyl (C=O) groups excluding carboxylic acids is 1. The van der Waals surface area contributed by atoms with E-state index in [4.69, 9.17) is 0 Å². The van der Waals surface area contributed by atoms with Gasteiger partial charge in [-0.2, -0.15) is 0 Å². The quantitative estimate of drug-likeness (QED) is 0.646. The van der Waals surface area contributed by atoms with Crippen molar-refractivity contribution in [3.05, 3.63) is 44.0 Å². The molecule has 0 saturated carbocycles. The largest absolute Gasteiger partial charge is 0.342 e. The molecule has 10 heteroatoms. The van der Waals surface area contributed by atoms with Crippen LogP contribution in [0, 0.1) is 0 Å². The SMILES string of the molecule is O=C(CC1CSc2nc3c(c(=O)n21)CCC3)N1CCC(c2cccs2)S(=O)(=O)CC1. The molecule has 0 radical (unpaired) electrons. The smallest absolute Gasteiger partial charge is 0.257 e. The van der Waals surface area contributed by atoms with Gasteiger partial charge in [0.25, 0.3) is 5.56 Å². The number of thioether (sulfide) groups is 1. The molecule has 0 spiro atoms. The number of thiophene rings is 1. The first kappa shape index (κ1) is 20.3. The van der Waals surface area contributed by atoms with E-state index in [0.29, 0.717) is 18.7 Å². The first-order valence-electron chi connectivity index (χ1n) is 10.2. The summed E-state index contributed by atoms with van der Waals surface area (Å²) >= 11 is 2.98. The maximum Gasteiger partial charge on any atom is 0.257 e.